The van der Waals surface area contributed by atoms with Gasteiger partial charge in [-0.15, -0.1) is 0 Å². The third-order valence-electron chi connectivity index (χ3n) is 3.02. The average molecular weight is 260 g/mol. The van der Waals surface area contributed by atoms with E-state index in [4.69, 9.17) is 15.2 Å². The summed E-state index contributed by atoms with van der Waals surface area (Å²) in [5.41, 5.74) is 7.14. The number of hydrogen-bond donors (Lipinski definition) is 1. The summed E-state index contributed by atoms with van der Waals surface area (Å²) in [6.07, 6.45) is 0. The molecular formula is C14H16N2O3. The van der Waals surface area contributed by atoms with Gasteiger partial charge in [0.2, 0.25) is 0 Å². The zero-order chi connectivity index (χ0) is 14.0. The van der Waals surface area contributed by atoms with Crippen LogP contribution < -0.4 is 20.8 Å². The largest absolute Gasteiger partial charge is 0.497 e. The van der Waals surface area contributed by atoms with Crippen molar-refractivity contribution in [2.45, 2.75) is 0 Å². The highest BCUT2D eigenvalue weighted by atomic mass is 16.5. The lowest BCUT2D eigenvalue weighted by Gasteiger charge is -2.13. The number of nitrogen functional groups attached to an aromatic ring is 1. The number of methoxy groups -OCH3 is 2. The van der Waals surface area contributed by atoms with Crippen LogP contribution in [0, 0.1) is 0 Å². The van der Waals surface area contributed by atoms with Crippen LogP contribution >= 0.6 is 0 Å². The van der Waals surface area contributed by atoms with Crippen molar-refractivity contribution in [1.82, 2.24) is 4.57 Å². The van der Waals surface area contributed by atoms with Gasteiger partial charge in [-0.1, -0.05) is 0 Å². The lowest BCUT2D eigenvalue weighted by atomic mass is 10.1. The molecule has 5 heteroatoms. The molecule has 0 aliphatic heterocycles. The third kappa shape index (κ3) is 2.27. The maximum atomic E-state index is 11.9. The van der Waals surface area contributed by atoms with Gasteiger partial charge in [0, 0.05) is 18.7 Å². The Balaban J connectivity index is 2.65. The summed E-state index contributed by atoms with van der Waals surface area (Å²) in [4.78, 5) is 11.9. The first kappa shape index (κ1) is 13.0. The fourth-order valence-electron chi connectivity index (χ4n) is 1.94. The Bertz CT molecular complexity index is 662. The van der Waals surface area contributed by atoms with Gasteiger partial charge in [0.15, 0.2) is 0 Å². The highest BCUT2D eigenvalue weighted by molar-refractivity contribution is 5.69. The van der Waals surface area contributed by atoms with Crippen LogP contribution in [0.5, 0.6) is 11.5 Å². The molecule has 0 radical (unpaired) electrons. The smallest absolute Gasteiger partial charge is 0.273 e. The number of aromatic nitrogens is 1. The van der Waals surface area contributed by atoms with Crippen molar-refractivity contribution in [3.63, 3.8) is 0 Å². The minimum Gasteiger partial charge on any atom is -0.497 e. The van der Waals surface area contributed by atoms with Gasteiger partial charge in [-0.05, 0) is 24.3 Å². The standard InChI is InChI=1S/C14H16N2O3/c1-16-12(7-6-11(15)14(16)17)10-5-4-9(18-2)8-13(10)19-3/h4-8H,15H2,1-3H3. The molecule has 0 bridgehead atoms. The molecule has 1 heterocycles. The molecule has 0 unspecified atom stereocenters. The second-order valence-corrected chi connectivity index (χ2v) is 4.10. The summed E-state index contributed by atoms with van der Waals surface area (Å²) in [6, 6.07) is 8.83. The Morgan fingerprint density at radius 3 is 2.47 bits per heavy atom. The first-order chi connectivity index (χ1) is 9.08. The van der Waals surface area contributed by atoms with Crippen LogP contribution in [0.2, 0.25) is 0 Å². The number of nitrogens with two attached hydrogens (primary N) is 1. The fourth-order valence-corrected chi connectivity index (χ4v) is 1.94. The van der Waals surface area contributed by atoms with Gasteiger partial charge in [0.05, 0.1) is 25.6 Å². The molecule has 1 aromatic carbocycles. The summed E-state index contributed by atoms with van der Waals surface area (Å²) in [5.74, 6) is 1.33. The molecule has 2 rings (SSSR count). The van der Waals surface area contributed by atoms with Crippen LogP contribution in [-0.4, -0.2) is 18.8 Å². The van der Waals surface area contributed by atoms with Crippen molar-refractivity contribution in [3.05, 3.63) is 40.7 Å². The molecule has 1 aromatic heterocycles. The summed E-state index contributed by atoms with van der Waals surface area (Å²) in [6.45, 7) is 0. The van der Waals surface area contributed by atoms with E-state index in [2.05, 4.69) is 0 Å². The van der Waals surface area contributed by atoms with E-state index in [1.165, 1.54) is 4.57 Å². The molecule has 0 fully saturated rings. The molecule has 0 aliphatic rings. The maximum Gasteiger partial charge on any atom is 0.273 e. The molecule has 0 spiro atoms. The van der Waals surface area contributed by atoms with Crippen LogP contribution in [0.25, 0.3) is 11.3 Å². The minimum absolute atomic E-state index is 0.221. The molecule has 2 N–H and O–H groups in total. The number of benzene rings is 1. The van der Waals surface area contributed by atoms with Crippen molar-refractivity contribution in [3.8, 4) is 22.8 Å². The minimum atomic E-state index is -0.227. The molecule has 2 aromatic rings. The molecule has 19 heavy (non-hydrogen) atoms. The van der Waals surface area contributed by atoms with Crippen molar-refractivity contribution >= 4 is 5.69 Å². The first-order valence-corrected chi connectivity index (χ1v) is 5.76. The van der Waals surface area contributed by atoms with Crippen LogP contribution in [0.15, 0.2) is 35.1 Å². The average Bonchev–Trinajstić information content (AvgIpc) is 2.44. The molecule has 0 atom stereocenters. The number of anilines is 1. The monoisotopic (exact) mass is 260 g/mol. The Kier molecular flexibility index (Phi) is 3.46. The van der Waals surface area contributed by atoms with Crippen molar-refractivity contribution in [2.24, 2.45) is 7.05 Å². The van der Waals surface area contributed by atoms with Gasteiger partial charge in [-0.25, -0.2) is 0 Å². The van der Waals surface area contributed by atoms with Gasteiger partial charge < -0.3 is 19.8 Å². The lowest BCUT2D eigenvalue weighted by molar-refractivity contribution is 0.395. The summed E-state index contributed by atoms with van der Waals surface area (Å²) in [7, 11) is 4.85. The zero-order valence-corrected chi connectivity index (χ0v) is 11.1. The van der Waals surface area contributed by atoms with E-state index in [9.17, 15) is 4.79 Å². The molecule has 0 amide bonds. The molecular weight excluding hydrogens is 244 g/mol. The number of ether oxygens (including phenoxy) is 2. The van der Waals surface area contributed by atoms with Gasteiger partial charge in [-0.2, -0.15) is 0 Å². The second kappa shape index (κ2) is 5.06. The topological polar surface area (TPSA) is 66.5 Å². The van der Waals surface area contributed by atoms with E-state index < -0.39 is 0 Å². The van der Waals surface area contributed by atoms with E-state index in [0.717, 1.165) is 11.3 Å². The van der Waals surface area contributed by atoms with E-state index in [-0.39, 0.29) is 11.2 Å². The van der Waals surface area contributed by atoms with Crippen molar-refractivity contribution in [1.29, 1.82) is 0 Å². The van der Waals surface area contributed by atoms with Gasteiger partial charge in [0.1, 0.15) is 11.5 Å². The van der Waals surface area contributed by atoms with Crippen LogP contribution in [-0.2, 0) is 7.05 Å². The molecule has 0 saturated carbocycles. The van der Waals surface area contributed by atoms with Crippen LogP contribution in [0.1, 0.15) is 0 Å². The Morgan fingerprint density at radius 2 is 1.84 bits per heavy atom. The maximum absolute atomic E-state index is 11.9. The number of rotatable bonds is 3. The van der Waals surface area contributed by atoms with Crippen LogP contribution in [0.3, 0.4) is 0 Å². The quantitative estimate of drug-likeness (QED) is 0.911. The Labute approximate surface area is 111 Å². The highest BCUT2D eigenvalue weighted by Gasteiger charge is 2.11. The van der Waals surface area contributed by atoms with E-state index >= 15 is 0 Å². The molecule has 0 saturated heterocycles. The fraction of sp³-hybridized carbons (Fsp3) is 0.214. The van der Waals surface area contributed by atoms with Crippen LogP contribution in [0.4, 0.5) is 5.69 Å². The predicted molar refractivity (Wildman–Crippen MR) is 74.6 cm³/mol. The Morgan fingerprint density at radius 1 is 1.11 bits per heavy atom. The normalized spacial score (nSPS) is 10.3. The molecule has 5 nitrogen and oxygen atoms in total. The molecule has 0 aliphatic carbocycles. The van der Waals surface area contributed by atoms with Gasteiger partial charge in [0.25, 0.3) is 5.56 Å². The van der Waals surface area contributed by atoms with E-state index in [1.807, 2.05) is 12.1 Å². The first-order valence-electron chi connectivity index (χ1n) is 5.76. The highest BCUT2D eigenvalue weighted by Crippen LogP contribution is 2.32. The van der Waals surface area contributed by atoms with E-state index in [1.54, 1.807) is 39.5 Å². The summed E-state index contributed by atoms with van der Waals surface area (Å²) in [5, 5.41) is 0. The van der Waals surface area contributed by atoms with Crippen molar-refractivity contribution < 1.29 is 9.47 Å². The third-order valence-corrected chi connectivity index (χ3v) is 3.02. The van der Waals surface area contributed by atoms with Gasteiger partial charge in [-0.3, -0.25) is 4.79 Å². The second-order valence-electron chi connectivity index (χ2n) is 4.10. The lowest BCUT2D eigenvalue weighted by Crippen LogP contribution is -2.21. The van der Waals surface area contributed by atoms with Gasteiger partial charge >= 0.3 is 0 Å². The summed E-state index contributed by atoms with van der Waals surface area (Å²) < 4.78 is 12.0. The van der Waals surface area contributed by atoms with E-state index in [0.29, 0.717) is 11.5 Å². The van der Waals surface area contributed by atoms with Crippen molar-refractivity contribution in [2.75, 3.05) is 20.0 Å². The SMILES string of the molecule is COc1ccc(-c2ccc(N)c(=O)n2C)c(OC)c1. The predicted octanol–water partition coefficient (Wildman–Crippen LogP) is 1.65. The molecule has 100 valence electrons. The number of pyridine rings is 1. The summed E-state index contributed by atoms with van der Waals surface area (Å²) >= 11 is 0. The zero-order valence-electron chi connectivity index (χ0n) is 11.1. The number of nitrogens with zero attached hydrogens (tertiary/aromatic N) is 1. The number of hydrogen-bond acceptors (Lipinski definition) is 4. The Hall–Kier alpha value is -2.43.